The maximum absolute atomic E-state index is 13.6. The van der Waals surface area contributed by atoms with Gasteiger partial charge in [0.05, 0.1) is 5.69 Å². The zero-order valence-electron chi connectivity index (χ0n) is 15.1. The lowest BCUT2D eigenvalue weighted by Gasteiger charge is -2.11. The molecule has 138 valence electrons. The molecule has 0 radical (unpaired) electrons. The first-order valence-corrected chi connectivity index (χ1v) is 9.39. The Kier molecular flexibility index (Phi) is 5.01. The number of rotatable bonds is 5. The number of aryl methyl sites for hydroxylation is 3. The van der Waals surface area contributed by atoms with E-state index in [0.717, 1.165) is 35.7 Å². The molecule has 2 heterocycles. The summed E-state index contributed by atoms with van der Waals surface area (Å²) in [6, 6.07) is 14.3. The number of hydrogen-bond donors (Lipinski definition) is 1. The predicted octanol–water partition coefficient (Wildman–Crippen LogP) is 4.60. The van der Waals surface area contributed by atoms with E-state index in [2.05, 4.69) is 16.1 Å². The zero-order valence-corrected chi connectivity index (χ0v) is 15.1. The van der Waals surface area contributed by atoms with Gasteiger partial charge in [-0.2, -0.15) is 0 Å². The van der Waals surface area contributed by atoms with Crippen LogP contribution in [0.25, 0.3) is 11.3 Å². The van der Waals surface area contributed by atoms with Gasteiger partial charge >= 0.3 is 0 Å². The van der Waals surface area contributed by atoms with E-state index in [-0.39, 0.29) is 18.1 Å². The lowest BCUT2D eigenvalue weighted by molar-refractivity contribution is -0.116. The van der Waals surface area contributed by atoms with Crippen molar-refractivity contribution in [1.82, 2.24) is 9.55 Å². The molecule has 1 amide bonds. The molecular formula is C22H22FN3O. The van der Waals surface area contributed by atoms with Gasteiger partial charge in [0, 0.05) is 36.8 Å². The minimum atomic E-state index is -0.266. The van der Waals surface area contributed by atoms with Crippen LogP contribution in [0.3, 0.4) is 0 Å². The number of carbonyl (C=O) groups is 1. The van der Waals surface area contributed by atoms with Gasteiger partial charge in [0.15, 0.2) is 0 Å². The molecule has 0 aliphatic carbocycles. The first-order chi connectivity index (χ1) is 13.2. The van der Waals surface area contributed by atoms with Crippen molar-refractivity contribution in [3.63, 3.8) is 0 Å². The van der Waals surface area contributed by atoms with Crippen LogP contribution in [-0.2, 0) is 24.2 Å². The Balaban J connectivity index is 1.37. The van der Waals surface area contributed by atoms with E-state index < -0.39 is 0 Å². The molecule has 4 rings (SSSR count). The number of hydrogen-bond acceptors (Lipinski definition) is 2. The lowest BCUT2D eigenvalue weighted by atomic mass is 10.1. The Morgan fingerprint density at radius 3 is 2.70 bits per heavy atom. The molecule has 0 unspecified atom stereocenters. The fraction of sp³-hybridized carbons (Fsp3) is 0.273. The van der Waals surface area contributed by atoms with E-state index >= 15 is 0 Å². The third-order valence-electron chi connectivity index (χ3n) is 4.95. The molecule has 0 atom stereocenters. The Hall–Kier alpha value is -2.95. The normalized spacial score (nSPS) is 13.2. The van der Waals surface area contributed by atoms with Crippen LogP contribution in [-0.4, -0.2) is 15.5 Å². The minimum Gasteiger partial charge on any atom is -0.334 e. The third kappa shape index (κ3) is 4.08. The molecule has 1 aliphatic heterocycles. The average Bonchev–Trinajstić information content (AvgIpc) is 3.12. The summed E-state index contributed by atoms with van der Waals surface area (Å²) in [5, 5.41) is 2.87. The number of anilines is 1. The van der Waals surface area contributed by atoms with Gasteiger partial charge in [0.1, 0.15) is 11.6 Å². The van der Waals surface area contributed by atoms with Crippen LogP contribution in [0.5, 0.6) is 0 Å². The van der Waals surface area contributed by atoms with Crippen LogP contribution in [0.2, 0.25) is 0 Å². The number of amides is 1. The molecule has 0 saturated carbocycles. The van der Waals surface area contributed by atoms with Crippen LogP contribution < -0.4 is 5.32 Å². The predicted molar refractivity (Wildman–Crippen MR) is 104 cm³/mol. The summed E-state index contributed by atoms with van der Waals surface area (Å²) < 4.78 is 15.9. The van der Waals surface area contributed by atoms with Crippen LogP contribution in [0, 0.1) is 5.82 Å². The number of halogens is 1. The summed E-state index contributed by atoms with van der Waals surface area (Å²) in [4.78, 5) is 16.9. The molecule has 4 nitrogen and oxygen atoms in total. The first-order valence-electron chi connectivity index (χ1n) is 9.39. The van der Waals surface area contributed by atoms with Crippen LogP contribution in [0.1, 0.15) is 30.7 Å². The molecule has 27 heavy (non-hydrogen) atoms. The zero-order chi connectivity index (χ0) is 18.6. The molecule has 2 aromatic carbocycles. The first kappa shape index (κ1) is 17.5. The molecule has 3 aromatic rings. The highest BCUT2D eigenvalue weighted by Gasteiger charge is 2.13. The summed E-state index contributed by atoms with van der Waals surface area (Å²) >= 11 is 0. The molecule has 0 fully saturated rings. The fourth-order valence-electron chi connectivity index (χ4n) is 3.45. The van der Waals surface area contributed by atoms with Crippen molar-refractivity contribution in [2.75, 3.05) is 5.32 Å². The smallest absolute Gasteiger partial charge is 0.224 e. The van der Waals surface area contributed by atoms with Crippen molar-refractivity contribution in [2.45, 2.75) is 38.6 Å². The highest BCUT2D eigenvalue weighted by atomic mass is 19.1. The van der Waals surface area contributed by atoms with Crippen molar-refractivity contribution in [3.8, 4) is 11.3 Å². The molecule has 1 N–H and O–H groups in total. The Bertz CT molecular complexity index is 923. The van der Waals surface area contributed by atoms with E-state index in [4.69, 9.17) is 4.98 Å². The van der Waals surface area contributed by atoms with E-state index in [1.807, 2.05) is 24.3 Å². The maximum atomic E-state index is 13.6. The van der Waals surface area contributed by atoms with Crippen molar-refractivity contribution in [1.29, 1.82) is 0 Å². The maximum Gasteiger partial charge on any atom is 0.224 e. The van der Waals surface area contributed by atoms with Gasteiger partial charge in [-0.25, -0.2) is 9.37 Å². The third-order valence-corrected chi connectivity index (χ3v) is 4.95. The number of carbonyl (C=O) groups excluding carboxylic acids is 1. The average molecular weight is 363 g/mol. The van der Waals surface area contributed by atoms with E-state index in [1.165, 1.54) is 18.9 Å². The van der Waals surface area contributed by atoms with E-state index in [1.54, 1.807) is 18.2 Å². The number of nitrogens with one attached hydrogen (secondary N) is 1. The quantitative estimate of drug-likeness (QED) is 0.720. The summed E-state index contributed by atoms with van der Waals surface area (Å²) in [7, 11) is 0. The highest BCUT2D eigenvalue weighted by Crippen LogP contribution is 2.24. The van der Waals surface area contributed by atoms with Gasteiger partial charge in [-0.05, 0) is 43.0 Å². The summed E-state index contributed by atoms with van der Waals surface area (Å²) in [6.07, 6.45) is 6.19. The fourth-order valence-corrected chi connectivity index (χ4v) is 3.45. The topological polar surface area (TPSA) is 46.9 Å². The van der Waals surface area contributed by atoms with E-state index in [0.29, 0.717) is 12.0 Å². The number of aromatic nitrogens is 2. The Labute approximate surface area is 158 Å². The second-order valence-electron chi connectivity index (χ2n) is 6.91. The van der Waals surface area contributed by atoms with Gasteiger partial charge < -0.3 is 9.88 Å². The SMILES string of the molecule is O=C(CCc1ccccc1F)Nc1ccc(-c2cn3c(n2)CCCC3)cc1. The van der Waals surface area contributed by atoms with Crippen molar-refractivity contribution in [3.05, 3.63) is 71.9 Å². The standard InChI is InChI=1S/C22H22FN3O/c23-19-6-2-1-5-16(19)10-13-22(27)24-18-11-8-17(9-12-18)20-15-26-14-4-3-7-21(26)25-20/h1-2,5-6,8-9,11-12,15H,3-4,7,10,13-14H2,(H,24,27). The van der Waals surface area contributed by atoms with Gasteiger partial charge in [-0.3, -0.25) is 4.79 Å². The van der Waals surface area contributed by atoms with Gasteiger partial charge in [-0.15, -0.1) is 0 Å². The molecular weight excluding hydrogens is 341 g/mol. The lowest BCUT2D eigenvalue weighted by Crippen LogP contribution is -2.12. The molecule has 1 aliphatic rings. The Morgan fingerprint density at radius 2 is 1.93 bits per heavy atom. The van der Waals surface area contributed by atoms with Crippen LogP contribution in [0.15, 0.2) is 54.7 Å². The number of nitrogens with zero attached hydrogens (tertiary/aromatic N) is 2. The van der Waals surface area contributed by atoms with Crippen LogP contribution >= 0.6 is 0 Å². The minimum absolute atomic E-state index is 0.122. The van der Waals surface area contributed by atoms with Crippen molar-refractivity contribution >= 4 is 11.6 Å². The molecule has 0 saturated heterocycles. The second kappa shape index (κ2) is 7.74. The van der Waals surface area contributed by atoms with Crippen molar-refractivity contribution in [2.24, 2.45) is 0 Å². The largest absolute Gasteiger partial charge is 0.334 e. The van der Waals surface area contributed by atoms with Gasteiger partial charge in [0.2, 0.25) is 5.91 Å². The van der Waals surface area contributed by atoms with Crippen molar-refractivity contribution < 1.29 is 9.18 Å². The summed E-state index contributed by atoms with van der Waals surface area (Å²) in [5.74, 6) is 0.766. The monoisotopic (exact) mass is 363 g/mol. The number of imidazole rings is 1. The van der Waals surface area contributed by atoms with Crippen LogP contribution in [0.4, 0.5) is 10.1 Å². The molecule has 0 bridgehead atoms. The number of fused-ring (bicyclic) bond motifs is 1. The second-order valence-corrected chi connectivity index (χ2v) is 6.91. The Morgan fingerprint density at radius 1 is 1.11 bits per heavy atom. The molecule has 5 heteroatoms. The summed E-state index contributed by atoms with van der Waals surface area (Å²) in [5.41, 5.74) is 3.32. The number of benzene rings is 2. The molecule has 1 aromatic heterocycles. The molecule has 0 spiro atoms. The highest BCUT2D eigenvalue weighted by molar-refractivity contribution is 5.91. The van der Waals surface area contributed by atoms with E-state index in [9.17, 15) is 9.18 Å². The summed E-state index contributed by atoms with van der Waals surface area (Å²) in [6.45, 7) is 1.04. The van der Waals surface area contributed by atoms with Gasteiger partial charge in [0.25, 0.3) is 0 Å². The van der Waals surface area contributed by atoms with Gasteiger partial charge in [-0.1, -0.05) is 30.3 Å².